The van der Waals surface area contributed by atoms with Crippen molar-refractivity contribution in [2.75, 3.05) is 0 Å². The third kappa shape index (κ3) is 3.14. The Morgan fingerprint density at radius 3 is 2.74 bits per heavy atom. The lowest BCUT2D eigenvalue weighted by molar-refractivity contribution is 0.732. The van der Waals surface area contributed by atoms with Gasteiger partial charge in [-0.05, 0) is 24.1 Å². The first-order valence-electron chi connectivity index (χ1n) is 6.22. The number of hydrogen-bond acceptors (Lipinski definition) is 3. The van der Waals surface area contributed by atoms with Gasteiger partial charge in [0.2, 0.25) is 0 Å². The van der Waals surface area contributed by atoms with Gasteiger partial charge in [0.15, 0.2) is 0 Å². The lowest BCUT2D eigenvalue weighted by Crippen LogP contribution is -2.05. The Bertz CT molecular complexity index is 578. The summed E-state index contributed by atoms with van der Waals surface area (Å²) in [4.78, 5) is 5.74. The molecule has 0 aliphatic heterocycles. The van der Waals surface area contributed by atoms with Crippen LogP contribution in [0.1, 0.15) is 31.3 Å². The Balaban J connectivity index is 2.41. The van der Waals surface area contributed by atoms with Gasteiger partial charge in [-0.2, -0.15) is 0 Å². The molecule has 19 heavy (non-hydrogen) atoms. The molecular formula is C14H18ClN3S. The molecule has 5 heteroatoms. The third-order valence-electron chi connectivity index (χ3n) is 2.90. The van der Waals surface area contributed by atoms with Crippen molar-refractivity contribution < 1.29 is 0 Å². The van der Waals surface area contributed by atoms with Crippen molar-refractivity contribution >= 4 is 23.4 Å². The molecular weight excluding hydrogens is 278 g/mol. The predicted molar refractivity (Wildman–Crippen MR) is 80.8 cm³/mol. The number of rotatable bonds is 4. The summed E-state index contributed by atoms with van der Waals surface area (Å²) in [5.41, 5.74) is 6.83. The van der Waals surface area contributed by atoms with Crippen LogP contribution in [0.15, 0.2) is 34.2 Å². The van der Waals surface area contributed by atoms with E-state index in [1.54, 1.807) is 11.8 Å². The summed E-state index contributed by atoms with van der Waals surface area (Å²) in [6.07, 6.45) is 0. The summed E-state index contributed by atoms with van der Waals surface area (Å²) in [5, 5.41) is 1.88. The number of nitrogens with two attached hydrogens (primary N) is 1. The van der Waals surface area contributed by atoms with Crippen LogP contribution in [0.25, 0.3) is 0 Å². The summed E-state index contributed by atoms with van der Waals surface area (Å²) in [6.45, 7) is 4.74. The number of nitrogens with zero attached hydrogens (tertiary/aromatic N) is 2. The lowest BCUT2D eigenvalue weighted by Gasteiger charge is -2.08. The molecule has 0 spiro atoms. The van der Waals surface area contributed by atoms with Gasteiger partial charge in [-0.1, -0.05) is 43.3 Å². The summed E-state index contributed by atoms with van der Waals surface area (Å²) in [5.74, 6) is 1.28. The van der Waals surface area contributed by atoms with Gasteiger partial charge in [0.25, 0.3) is 0 Å². The molecule has 0 bridgehead atoms. The van der Waals surface area contributed by atoms with Crippen molar-refractivity contribution in [3.8, 4) is 0 Å². The predicted octanol–water partition coefficient (Wildman–Crippen LogP) is 3.81. The van der Waals surface area contributed by atoms with Crippen molar-refractivity contribution in [2.24, 2.45) is 12.8 Å². The van der Waals surface area contributed by atoms with E-state index in [1.165, 1.54) is 0 Å². The first-order valence-corrected chi connectivity index (χ1v) is 7.41. The Morgan fingerprint density at radius 2 is 2.16 bits per heavy atom. The van der Waals surface area contributed by atoms with E-state index in [2.05, 4.69) is 29.5 Å². The van der Waals surface area contributed by atoms with Gasteiger partial charge in [0, 0.05) is 17.0 Å². The van der Waals surface area contributed by atoms with Gasteiger partial charge in [0.1, 0.15) is 10.9 Å². The second kappa shape index (κ2) is 5.99. The van der Waals surface area contributed by atoms with E-state index in [1.807, 2.05) is 25.2 Å². The first-order chi connectivity index (χ1) is 9.02. The number of halogens is 1. The zero-order chi connectivity index (χ0) is 14.0. The molecule has 0 radical (unpaired) electrons. The summed E-state index contributed by atoms with van der Waals surface area (Å²) in [6, 6.07) is 7.85. The van der Waals surface area contributed by atoms with Gasteiger partial charge in [-0.15, -0.1) is 0 Å². The maximum Gasteiger partial charge on any atom is 0.123 e. The number of aromatic nitrogens is 2. The number of imidazole rings is 1. The molecule has 1 aromatic carbocycles. The molecule has 0 aliphatic carbocycles. The van der Waals surface area contributed by atoms with E-state index in [0.29, 0.717) is 12.5 Å². The standard InChI is InChI=1S/C14H18ClN3S/c1-9(2)13-14(18(3)12(8-16)17-13)19-11-6-4-5-10(15)7-11/h4-7,9H,8,16H2,1-3H3. The second-order valence-corrected chi connectivity index (χ2v) is 6.19. The molecule has 2 aromatic rings. The zero-order valence-electron chi connectivity index (χ0n) is 11.4. The average Bonchev–Trinajstić information content (AvgIpc) is 2.67. The van der Waals surface area contributed by atoms with Crippen LogP contribution in [0.4, 0.5) is 0 Å². The summed E-state index contributed by atoms with van der Waals surface area (Å²) < 4.78 is 2.07. The highest BCUT2D eigenvalue weighted by molar-refractivity contribution is 7.99. The summed E-state index contributed by atoms with van der Waals surface area (Å²) in [7, 11) is 2.01. The summed E-state index contributed by atoms with van der Waals surface area (Å²) >= 11 is 7.71. The average molecular weight is 296 g/mol. The monoisotopic (exact) mass is 295 g/mol. The van der Waals surface area contributed by atoms with Crippen LogP contribution >= 0.6 is 23.4 Å². The minimum atomic E-state index is 0.369. The molecule has 0 saturated heterocycles. The molecule has 0 saturated carbocycles. The van der Waals surface area contributed by atoms with Gasteiger partial charge in [-0.3, -0.25) is 0 Å². The quantitative estimate of drug-likeness (QED) is 0.933. The highest BCUT2D eigenvalue weighted by Crippen LogP contribution is 2.34. The Kier molecular flexibility index (Phi) is 4.55. The minimum absolute atomic E-state index is 0.369. The fourth-order valence-electron chi connectivity index (χ4n) is 1.87. The molecule has 0 unspecified atom stereocenters. The van der Waals surface area contributed by atoms with E-state index < -0.39 is 0 Å². The van der Waals surface area contributed by atoms with E-state index in [0.717, 1.165) is 26.5 Å². The van der Waals surface area contributed by atoms with Gasteiger partial charge in [0.05, 0.1) is 12.2 Å². The zero-order valence-corrected chi connectivity index (χ0v) is 12.9. The van der Waals surface area contributed by atoms with Crippen LogP contribution in [-0.4, -0.2) is 9.55 Å². The van der Waals surface area contributed by atoms with E-state index in [9.17, 15) is 0 Å². The molecule has 2 N–H and O–H groups in total. The van der Waals surface area contributed by atoms with Gasteiger partial charge < -0.3 is 10.3 Å². The smallest absolute Gasteiger partial charge is 0.123 e. The largest absolute Gasteiger partial charge is 0.325 e. The molecule has 2 rings (SSSR count). The fraction of sp³-hybridized carbons (Fsp3) is 0.357. The Hall–Kier alpha value is -0.970. The van der Waals surface area contributed by atoms with Gasteiger partial charge >= 0.3 is 0 Å². The van der Waals surface area contributed by atoms with Crippen molar-refractivity contribution in [2.45, 2.75) is 36.2 Å². The lowest BCUT2D eigenvalue weighted by atomic mass is 10.2. The Labute approximate surface area is 123 Å². The molecule has 0 amide bonds. The second-order valence-electron chi connectivity index (χ2n) is 4.70. The fourth-order valence-corrected chi connectivity index (χ4v) is 3.31. The van der Waals surface area contributed by atoms with Crippen molar-refractivity contribution in [1.29, 1.82) is 0 Å². The van der Waals surface area contributed by atoms with E-state index in [4.69, 9.17) is 17.3 Å². The molecule has 1 heterocycles. The highest BCUT2D eigenvalue weighted by Gasteiger charge is 2.17. The highest BCUT2D eigenvalue weighted by atomic mass is 35.5. The van der Waals surface area contributed by atoms with Crippen LogP contribution < -0.4 is 5.73 Å². The molecule has 0 fully saturated rings. The van der Waals surface area contributed by atoms with Gasteiger partial charge in [-0.25, -0.2) is 4.98 Å². The number of benzene rings is 1. The van der Waals surface area contributed by atoms with Crippen LogP contribution in [0.2, 0.25) is 5.02 Å². The van der Waals surface area contributed by atoms with Crippen LogP contribution in [0.3, 0.4) is 0 Å². The Morgan fingerprint density at radius 1 is 1.42 bits per heavy atom. The van der Waals surface area contributed by atoms with Crippen LogP contribution in [0.5, 0.6) is 0 Å². The van der Waals surface area contributed by atoms with Crippen molar-refractivity contribution in [1.82, 2.24) is 9.55 Å². The number of hydrogen-bond donors (Lipinski definition) is 1. The molecule has 1 aromatic heterocycles. The van der Waals surface area contributed by atoms with Crippen LogP contribution in [0, 0.1) is 0 Å². The van der Waals surface area contributed by atoms with E-state index >= 15 is 0 Å². The minimum Gasteiger partial charge on any atom is -0.325 e. The molecule has 3 nitrogen and oxygen atoms in total. The third-order valence-corrected chi connectivity index (χ3v) is 4.30. The van der Waals surface area contributed by atoms with E-state index in [-0.39, 0.29) is 0 Å². The topological polar surface area (TPSA) is 43.8 Å². The van der Waals surface area contributed by atoms with Crippen molar-refractivity contribution in [3.05, 3.63) is 40.8 Å². The van der Waals surface area contributed by atoms with Crippen LogP contribution in [-0.2, 0) is 13.6 Å². The SMILES string of the molecule is CC(C)c1nc(CN)n(C)c1Sc1cccc(Cl)c1. The molecule has 102 valence electrons. The first kappa shape index (κ1) is 14.4. The maximum absolute atomic E-state index is 6.03. The molecule has 0 atom stereocenters. The molecule has 0 aliphatic rings. The maximum atomic E-state index is 6.03. The normalized spacial score (nSPS) is 11.3. The van der Waals surface area contributed by atoms with Crippen molar-refractivity contribution in [3.63, 3.8) is 0 Å².